The predicted octanol–water partition coefficient (Wildman–Crippen LogP) is 3.08. The van der Waals surface area contributed by atoms with Gasteiger partial charge in [0.1, 0.15) is 0 Å². The number of aromatic nitrogens is 1. The van der Waals surface area contributed by atoms with E-state index in [9.17, 15) is 5.11 Å². The van der Waals surface area contributed by atoms with Gasteiger partial charge in [-0.3, -0.25) is 4.90 Å². The molecule has 0 amide bonds. The Hall–Kier alpha value is -1.65. The first-order chi connectivity index (χ1) is 10.2. The van der Waals surface area contributed by atoms with Gasteiger partial charge in [-0.15, -0.1) is 0 Å². The van der Waals surface area contributed by atoms with Gasteiger partial charge in [0.15, 0.2) is 5.76 Å². The van der Waals surface area contributed by atoms with E-state index in [1.54, 1.807) is 6.20 Å². The van der Waals surface area contributed by atoms with Gasteiger partial charge in [-0.1, -0.05) is 30.3 Å². The maximum absolute atomic E-state index is 9.58. The van der Waals surface area contributed by atoms with Crippen molar-refractivity contribution < 1.29 is 9.52 Å². The van der Waals surface area contributed by atoms with E-state index in [0.29, 0.717) is 6.04 Å². The summed E-state index contributed by atoms with van der Waals surface area (Å²) in [5.41, 5.74) is 1.05. The highest BCUT2D eigenvalue weighted by molar-refractivity contribution is 5.55. The van der Waals surface area contributed by atoms with Gasteiger partial charge in [0, 0.05) is 11.6 Å². The van der Waals surface area contributed by atoms with Gasteiger partial charge in [0.25, 0.3) is 0 Å². The highest BCUT2D eigenvalue weighted by Crippen LogP contribution is 2.25. The van der Waals surface area contributed by atoms with Gasteiger partial charge in [-0.25, -0.2) is 4.98 Å². The number of nitrogens with zero attached hydrogens (tertiary/aromatic N) is 2. The van der Waals surface area contributed by atoms with Crippen LogP contribution in [0.25, 0.3) is 11.3 Å². The van der Waals surface area contributed by atoms with E-state index in [1.165, 1.54) is 6.42 Å². The van der Waals surface area contributed by atoms with E-state index in [0.717, 1.165) is 43.1 Å². The lowest BCUT2D eigenvalue weighted by Gasteiger charge is -2.23. The Morgan fingerprint density at radius 2 is 2.19 bits per heavy atom. The molecule has 0 bridgehead atoms. The number of hydrogen-bond acceptors (Lipinski definition) is 4. The maximum Gasteiger partial charge on any atom is 0.209 e. The molecular weight excluding hydrogens is 264 g/mol. The number of benzene rings is 1. The van der Waals surface area contributed by atoms with Gasteiger partial charge < -0.3 is 9.52 Å². The van der Waals surface area contributed by atoms with Crippen LogP contribution in [0, 0.1) is 0 Å². The lowest BCUT2D eigenvalue weighted by atomic mass is 10.1. The van der Waals surface area contributed by atoms with Crippen LogP contribution in [0.2, 0.25) is 0 Å². The Morgan fingerprint density at radius 3 is 2.95 bits per heavy atom. The van der Waals surface area contributed by atoms with Crippen molar-refractivity contribution in [3.63, 3.8) is 0 Å². The summed E-state index contributed by atoms with van der Waals surface area (Å²) in [6, 6.07) is 10.5. The Morgan fingerprint density at radius 1 is 1.38 bits per heavy atom. The molecule has 1 aromatic carbocycles. The summed E-state index contributed by atoms with van der Waals surface area (Å²) in [5.74, 6) is 1.57. The molecule has 0 spiro atoms. The minimum absolute atomic E-state index is 0.250. The zero-order chi connectivity index (χ0) is 14.7. The van der Waals surface area contributed by atoms with E-state index >= 15 is 0 Å². The van der Waals surface area contributed by atoms with Crippen LogP contribution in [0.1, 0.15) is 32.1 Å². The topological polar surface area (TPSA) is 49.5 Å². The molecule has 2 unspecified atom stereocenters. The average Bonchev–Trinajstić information content (AvgIpc) is 3.10. The molecule has 0 radical (unpaired) electrons. The Kier molecular flexibility index (Phi) is 4.36. The molecule has 21 heavy (non-hydrogen) atoms. The highest BCUT2D eigenvalue weighted by Gasteiger charge is 2.26. The lowest BCUT2D eigenvalue weighted by Crippen LogP contribution is -2.31. The third-order valence-corrected chi connectivity index (χ3v) is 4.06. The molecule has 1 saturated heterocycles. The maximum atomic E-state index is 9.58. The van der Waals surface area contributed by atoms with Crippen molar-refractivity contribution in [2.45, 2.75) is 44.9 Å². The molecule has 1 aliphatic heterocycles. The summed E-state index contributed by atoms with van der Waals surface area (Å²) < 4.78 is 5.87. The van der Waals surface area contributed by atoms with Crippen LogP contribution in [-0.4, -0.2) is 33.7 Å². The zero-order valence-corrected chi connectivity index (χ0v) is 12.4. The van der Waals surface area contributed by atoms with E-state index in [-0.39, 0.29) is 6.10 Å². The molecular formula is C17H22N2O2. The Bertz CT molecular complexity index is 565. The zero-order valence-electron chi connectivity index (χ0n) is 12.4. The first-order valence-electron chi connectivity index (χ1n) is 7.64. The third kappa shape index (κ3) is 3.52. The Balaban J connectivity index is 1.67. The standard InChI is InChI=1S/C17H22N2O2/c1-13(20)10-15-8-5-9-19(15)12-17-18-11-16(21-17)14-6-3-2-4-7-14/h2-4,6-7,11,13,15,20H,5,8-10,12H2,1H3. The van der Waals surface area contributed by atoms with E-state index < -0.39 is 0 Å². The van der Waals surface area contributed by atoms with Crippen molar-refractivity contribution in [2.24, 2.45) is 0 Å². The molecule has 1 fully saturated rings. The number of likely N-dealkylation sites (tertiary alicyclic amines) is 1. The normalized spacial score (nSPS) is 20.8. The SMILES string of the molecule is CC(O)CC1CCCN1Cc1ncc(-c2ccccc2)o1. The molecule has 0 saturated carbocycles. The van der Waals surface area contributed by atoms with Crippen LogP contribution in [0.15, 0.2) is 40.9 Å². The van der Waals surface area contributed by atoms with Gasteiger partial charge in [0.2, 0.25) is 5.89 Å². The summed E-state index contributed by atoms with van der Waals surface area (Å²) in [4.78, 5) is 6.77. The van der Waals surface area contributed by atoms with Crippen molar-refractivity contribution in [2.75, 3.05) is 6.54 Å². The molecule has 3 rings (SSSR count). The van der Waals surface area contributed by atoms with Crippen molar-refractivity contribution in [3.05, 3.63) is 42.4 Å². The summed E-state index contributed by atoms with van der Waals surface area (Å²) in [7, 11) is 0. The molecule has 4 nitrogen and oxygen atoms in total. The van der Waals surface area contributed by atoms with Crippen LogP contribution >= 0.6 is 0 Å². The third-order valence-electron chi connectivity index (χ3n) is 4.06. The monoisotopic (exact) mass is 286 g/mol. The van der Waals surface area contributed by atoms with E-state index in [4.69, 9.17) is 4.42 Å². The summed E-state index contributed by atoms with van der Waals surface area (Å²) in [6.45, 7) is 3.64. The minimum atomic E-state index is -0.250. The van der Waals surface area contributed by atoms with Gasteiger partial charge >= 0.3 is 0 Å². The lowest BCUT2D eigenvalue weighted by molar-refractivity contribution is 0.126. The molecule has 2 heterocycles. The molecule has 1 aromatic heterocycles. The highest BCUT2D eigenvalue weighted by atomic mass is 16.4. The van der Waals surface area contributed by atoms with Crippen molar-refractivity contribution in [1.82, 2.24) is 9.88 Å². The van der Waals surface area contributed by atoms with Crippen LogP contribution in [0.5, 0.6) is 0 Å². The second kappa shape index (κ2) is 6.41. The predicted molar refractivity (Wildman–Crippen MR) is 81.7 cm³/mol. The van der Waals surface area contributed by atoms with Crippen molar-refractivity contribution >= 4 is 0 Å². The van der Waals surface area contributed by atoms with Crippen LogP contribution in [0.4, 0.5) is 0 Å². The first-order valence-corrected chi connectivity index (χ1v) is 7.64. The minimum Gasteiger partial charge on any atom is -0.439 e. The first kappa shape index (κ1) is 14.3. The molecule has 2 aromatic rings. The number of hydrogen-bond donors (Lipinski definition) is 1. The van der Waals surface area contributed by atoms with Crippen LogP contribution < -0.4 is 0 Å². The summed E-state index contributed by atoms with van der Waals surface area (Å²) >= 11 is 0. The van der Waals surface area contributed by atoms with Crippen LogP contribution in [0.3, 0.4) is 0 Å². The molecule has 2 atom stereocenters. The van der Waals surface area contributed by atoms with Crippen molar-refractivity contribution in [3.8, 4) is 11.3 Å². The van der Waals surface area contributed by atoms with Gasteiger partial charge in [-0.05, 0) is 32.7 Å². The van der Waals surface area contributed by atoms with E-state index in [1.807, 2.05) is 37.3 Å². The van der Waals surface area contributed by atoms with Gasteiger partial charge in [-0.2, -0.15) is 0 Å². The second-order valence-corrected chi connectivity index (χ2v) is 5.84. The van der Waals surface area contributed by atoms with E-state index in [2.05, 4.69) is 9.88 Å². The number of rotatable bonds is 5. The molecule has 1 N–H and O–H groups in total. The summed E-state index contributed by atoms with van der Waals surface area (Å²) in [5, 5.41) is 9.58. The fraction of sp³-hybridized carbons (Fsp3) is 0.471. The van der Waals surface area contributed by atoms with Crippen LogP contribution in [-0.2, 0) is 6.54 Å². The molecule has 0 aliphatic carbocycles. The molecule has 1 aliphatic rings. The smallest absolute Gasteiger partial charge is 0.209 e. The Labute approximate surface area is 125 Å². The molecule has 112 valence electrons. The number of aliphatic hydroxyl groups is 1. The largest absolute Gasteiger partial charge is 0.439 e. The fourth-order valence-electron chi connectivity index (χ4n) is 3.06. The molecule has 4 heteroatoms. The van der Waals surface area contributed by atoms with Crippen molar-refractivity contribution in [1.29, 1.82) is 0 Å². The quantitative estimate of drug-likeness (QED) is 0.917. The number of oxazole rings is 1. The second-order valence-electron chi connectivity index (χ2n) is 5.84. The average molecular weight is 286 g/mol. The fourth-order valence-corrected chi connectivity index (χ4v) is 3.06. The van der Waals surface area contributed by atoms with Gasteiger partial charge in [0.05, 0.1) is 18.8 Å². The summed E-state index contributed by atoms with van der Waals surface area (Å²) in [6.07, 6.45) is 4.71. The number of aliphatic hydroxyl groups excluding tert-OH is 1.